The first-order chi connectivity index (χ1) is 52.3. The average Bonchev–Trinajstić information content (AvgIpc) is 1.60. The predicted molar refractivity (Wildman–Crippen MR) is 420 cm³/mol. The largest absolute Gasteiger partial charge is 0.460 e. The number of likely N-dealkylation sites (N-methyl/N-ethyl adjacent to an activating group) is 2. The van der Waals surface area contributed by atoms with Gasteiger partial charge in [-0.3, -0.25) is 48.2 Å². The van der Waals surface area contributed by atoms with Gasteiger partial charge in [-0.1, -0.05) is 115 Å². The summed E-state index contributed by atoms with van der Waals surface area (Å²) >= 11 is 0. The Morgan fingerprint density at radius 2 is 0.784 bits per heavy atom. The quantitative estimate of drug-likeness (QED) is 0.0539. The first kappa shape index (κ1) is 86.6. The van der Waals surface area contributed by atoms with E-state index >= 15 is 0 Å². The van der Waals surface area contributed by atoms with E-state index in [1.54, 1.807) is 13.8 Å². The molecule has 0 bridgehead atoms. The number of esters is 6. The van der Waals surface area contributed by atoms with Gasteiger partial charge in [-0.15, -0.1) is 0 Å². The Hall–Kier alpha value is -6.76. The smallest absolute Gasteiger partial charge is 0.320 e. The molecule has 2 aromatic rings. The second kappa shape index (κ2) is 37.2. The van der Waals surface area contributed by atoms with Crippen molar-refractivity contribution in [2.45, 2.75) is 283 Å². The summed E-state index contributed by atoms with van der Waals surface area (Å²) in [6.45, 7) is 27.0. The molecule has 12 aliphatic rings. The van der Waals surface area contributed by atoms with Gasteiger partial charge in [0.25, 0.3) is 0 Å². The summed E-state index contributed by atoms with van der Waals surface area (Å²) in [5.41, 5.74) is 6.03. The van der Waals surface area contributed by atoms with E-state index in [1.165, 1.54) is 22.3 Å². The van der Waals surface area contributed by atoms with Crippen LogP contribution >= 0.6 is 0 Å². The normalized spacial score (nSPS) is 36.9. The summed E-state index contributed by atoms with van der Waals surface area (Å²) < 4.78 is 57.9. The van der Waals surface area contributed by atoms with Crippen LogP contribution in [0.4, 0.5) is 0 Å². The van der Waals surface area contributed by atoms with Gasteiger partial charge in [0.1, 0.15) is 73.6 Å². The number of nitrogens with one attached hydrogen (secondary N) is 2. The van der Waals surface area contributed by atoms with Gasteiger partial charge in [0.2, 0.25) is 0 Å². The van der Waals surface area contributed by atoms with Crippen molar-refractivity contribution in [2.24, 2.45) is 47.3 Å². The zero-order valence-corrected chi connectivity index (χ0v) is 67.7. The summed E-state index contributed by atoms with van der Waals surface area (Å²) in [7, 11) is 3.75. The molecule has 0 saturated carbocycles. The zero-order valence-electron chi connectivity index (χ0n) is 67.7. The van der Waals surface area contributed by atoms with Crippen LogP contribution in [0, 0.1) is 47.3 Å². The summed E-state index contributed by atoms with van der Waals surface area (Å²) in [6.07, 6.45) is 23.9. The second-order valence-electron chi connectivity index (χ2n) is 35.2. The number of hydrogen-bond acceptors (Lipinski definition) is 22. The molecule has 8 saturated heterocycles. The van der Waals surface area contributed by atoms with Gasteiger partial charge in [-0.05, 0) is 211 Å². The first-order valence-electron chi connectivity index (χ1n) is 40.6. The molecule has 0 amide bonds. The second-order valence-corrected chi connectivity index (χ2v) is 35.2. The number of carbonyl (C=O) groups is 8. The van der Waals surface area contributed by atoms with Crippen LogP contribution in [0.25, 0.3) is 0 Å². The molecule has 2 aromatic carbocycles. The molecule has 0 unspecified atom stereocenters. The van der Waals surface area contributed by atoms with Gasteiger partial charge in [0.05, 0.1) is 71.2 Å². The Bertz CT molecular complexity index is 3740. The van der Waals surface area contributed by atoms with Crippen LogP contribution in [-0.4, -0.2) is 194 Å². The maximum atomic E-state index is 12.8. The lowest BCUT2D eigenvalue weighted by Crippen LogP contribution is -2.49. The van der Waals surface area contributed by atoms with Crippen molar-refractivity contribution in [2.75, 3.05) is 59.9 Å². The lowest BCUT2D eigenvalue weighted by atomic mass is 9.80. The number of allylic oxidation sites excluding steroid dienone is 8. The molecule has 20 atom stereocenters. The van der Waals surface area contributed by atoms with E-state index in [4.69, 9.17) is 47.4 Å². The fourth-order valence-corrected chi connectivity index (χ4v) is 18.0. The average molecular weight is 1540 g/mol. The predicted octanol–water partition coefficient (Wildman–Crippen LogP) is 12.4. The summed E-state index contributed by atoms with van der Waals surface area (Å²) in [6, 6.07) is 19.2. The molecule has 22 nitrogen and oxygen atoms in total. The number of hydrogen-bond donors (Lipinski definition) is 2. The monoisotopic (exact) mass is 1540 g/mol. The van der Waals surface area contributed by atoms with Crippen LogP contribution < -0.4 is 10.6 Å². The third kappa shape index (κ3) is 22.4. The molecule has 14 rings (SSSR count). The Morgan fingerprint density at radius 1 is 0.468 bits per heavy atom. The topological polar surface area (TPSA) is 273 Å². The van der Waals surface area contributed by atoms with Gasteiger partial charge in [-0.25, -0.2) is 0 Å². The Morgan fingerprint density at radius 3 is 1.13 bits per heavy atom. The Kier molecular flexibility index (Phi) is 29.1. The molecule has 2 N–H and O–H groups in total. The zero-order chi connectivity index (χ0) is 79.0. The van der Waals surface area contributed by atoms with E-state index < -0.39 is 5.54 Å². The number of Topliss-reactive ketones (excluding diaryl/α,β-unsaturated/α-hetero) is 2. The number of ketones is 2. The van der Waals surface area contributed by atoms with E-state index in [2.05, 4.69) is 90.3 Å². The minimum atomic E-state index is -0.630. The van der Waals surface area contributed by atoms with Gasteiger partial charge in [0.15, 0.2) is 0 Å². The molecular weight excluding hydrogens is 1410 g/mol. The molecule has 0 spiro atoms. The molecular formula is C89H128N4O18. The van der Waals surface area contributed by atoms with Gasteiger partial charge in [-0.2, -0.15) is 0 Å². The number of nitrogens with zero attached hydrogens (tertiary/aromatic N) is 2. The summed E-state index contributed by atoms with van der Waals surface area (Å²) in [5, 5.41) is 6.38. The number of epoxide rings is 4. The highest BCUT2D eigenvalue weighted by atomic mass is 16.7. The molecule has 612 valence electrons. The van der Waals surface area contributed by atoms with Crippen LogP contribution in [0.1, 0.15) is 204 Å². The number of ether oxygens (including phenoxy) is 10. The highest BCUT2D eigenvalue weighted by Crippen LogP contribution is 2.54. The summed E-state index contributed by atoms with van der Waals surface area (Å²) in [4.78, 5) is 102. The van der Waals surface area contributed by atoms with E-state index in [0.717, 1.165) is 114 Å². The van der Waals surface area contributed by atoms with Crippen LogP contribution in [0.2, 0.25) is 0 Å². The third-order valence-corrected chi connectivity index (χ3v) is 25.6. The van der Waals surface area contributed by atoms with E-state index in [0.29, 0.717) is 32.7 Å². The van der Waals surface area contributed by atoms with Crippen LogP contribution in [0.5, 0.6) is 0 Å². The molecule has 4 aliphatic carbocycles. The van der Waals surface area contributed by atoms with E-state index in [-0.39, 0.29) is 200 Å². The van der Waals surface area contributed by atoms with Crippen molar-refractivity contribution >= 4 is 47.4 Å². The van der Waals surface area contributed by atoms with Crippen molar-refractivity contribution < 1.29 is 85.7 Å². The highest BCUT2D eigenvalue weighted by Gasteiger charge is 2.66. The van der Waals surface area contributed by atoms with Crippen molar-refractivity contribution in [1.82, 2.24) is 20.4 Å². The molecule has 0 radical (unpaired) electrons. The molecule has 8 aliphatic heterocycles. The Labute approximate surface area is 659 Å². The molecule has 111 heavy (non-hydrogen) atoms. The van der Waals surface area contributed by atoms with Crippen molar-refractivity contribution in [3.63, 3.8) is 0 Å². The van der Waals surface area contributed by atoms with Gasteiger partial charge >= 0.3 is 35.8 Å². The fourth-order valence-electron chi connectivity index (χ4n) is 18.0. The third-order valence-electron chi connectivity index (χ3n) is 25.6. The van der Waals surface area contributed by atoms with E-state index in [1.807, 2.05) is 98.4 Å². The SMILES string of the molecule is C.C/C1=C\CC[C@@]2(C)O[C@H]2[C@H]2OC(=O)[C@@H](CN(C)CC(=O)OCc3ccccc3)[C@@H]2CC1.C/C1=C\CC[C@@]2(C)O[C@H]2[C@H]2OC(=O)[C@@H](CNCC(=O)OCc3ccccc3)[C@@H]2CC1.CC(=O)C(C)(C)NC[C@@H]1C(=O)O[C@H]2[C@H]1CC/C(C)=C/CC[C@@]1(C)O[C@@H]21.CC(=O)CN(C)C[C@@H]1C(=O)O[C@H]2[C@H]1CC/C(C)=C/CC[C@@]1(C)O[C@@H]21. The van der Waals surface area contributed by atoms with Gasteiger partial charge < -0.3 is 58.0 Å². The first-order valence-corrected chi connectivity index (χ1v) is 40.6. The maximum Gasteiger partial charge on any atom is 0.320 e. The molecule has 8 heterocycles. The minimum absolute atomic E-state index is 0. The maximum absolute atomic E-state index is 12.8. The number of carbonyl (C=O) groups excluding carboxylic acids is 8. The molecule has 0 aromatic heterocycles. The van der Waals surface area contributed by atoms with Crippen LogP contribution in [0.3, 0.4) is 0 Å². The van der Waals surface area contributed by atoms with Crippen molar-refractivity contribution in [3.8, 4) is 0 Å². The standard InChI is InChI=1S/C25H33NO5.C24H31NO5.C20H31NO4.C19H29NO4.CH4/c1-17-8-7-13-25(2)23(31-25)22-19(12-11-17)20(24(28)30-22)14-26(3)15-21(27)29-16-18-9-5-4-6-10-18;1-16-7-6-12-24(2)22(30-24)21-18(11-10-16)19(23(27)29-21)13-25-14-20(26)28-15-17-8-4-3-5-9-17;1-12-7-6-10-20(5)17(25-20)16-14(9-8-12)15(18(23)24-16)11-21-19(3,4)13(2)22;1-12-6-5-9-19(3)17(24-19)16-14(8-7-12)15(18(22)23-16)11-20(4)10-13(2)21;/h4-6,8-10,19-20,22-23H,7,11-16H2,1-3H3;3-5,7-9,18-19,21-22,25H,6,10-15H2,1-2H3;7,14-17,21H,6,8-11H2,1-5H3;6,14-17H,5,7-11H2,1-4H3;1H4/b17-8+;16-7+;12-7+;12-6+;/t19-,20-,22-,23-,25+;18-,19-,21-,22-,24+;14-,15-,16-,17-,20+;14-,15-,16-,17-,19+;/m0000./s1. The Balaban J connectivity index is 0.000000158. The van der Waals surface area contributed by atoms with Gasteiger partial charge in [0, 0.05) is 49.9 Å². The fraction of sp³-hybridized carbons (Fsp3) is 0.685. The highest BCUT2D eigenvalue weighted by molar-refractivity contribution is 5.85. The van der Waals surface area contributed by atoms with Crippen molar-refractivity contribution in [3.05, 3.63) is 118 Å². The van der Waals surface area contributed by atoms with Crippen LogP contribution in [-0.2, 0) is 98.9 Å². The summed E-state index contributed by atoms with van der Waals surface area (Å²) in [5.74, 6) is -1.48. The lowest BCUT2D eigenvalue weighted by Gasteiger charge is -2.27. The number of benzene rings is 2. The molecule has 8 fully saturated rings. The van der Waals surface area contributed by atoms with Crippen molar-refractivity contribution in [1.29, 1.82) is 0 Å². The number of fused-ring (bicyclic) bond motifs is 12. The van der Waals surface area contributed by atoms with E-state index in [9.17, 15) is 38.4 Å². The minimum Gasteiger partial charge on any atom is -0.460 e. The lowest BCUT2D eigenvalue weighted by molar-refractivity contribution is -0.148. The van der Waals surface area contributed by atoms with Crippen LogP contribution in [0.15, 0.2) is 107 Å². The number of rotatable bonds is 20. The molecule has 22 heteroatoms.